The molecule has 0 amide bonds. The molecule has 0 bridgehead atoms. The van der Waals surface area contributed by atoms with Crippen molar-refractivity contribution in [1.29, 1.82) is 0 Å². The second-order valence-electron chi connectivity index (χ2n) is 2.26. The Morgan fingerprint density at radius 1 is 1.25 bits per heavy atom. The minimum atomic E-state index is -3.25. The van der Waals surface area contributed by atoms with Gasteiger partial charge in [-0.25, -0.2) is 0 Å². The van der Waals surface area contributed by atoms with E-state index in [-0.39, 0.29) is 13.2 Å². The highest BCUT2D eigenvalue weighted by molar-refractivity contribution is 7.54. The van der Waals surface area contributed by atoms with Crippen molar-refractivity contribution < 1.29 is 18.7 Å². The summed E-state index contributed by atoms with van der Waals surface area (Å²) >= 11 is 0. The van der Waals surface area contributed by atoms with Crippen LogP contribution >= 0.6 is 7.60 Å². The highest BCUT2D eigenvalue weighted by atomic mass is 31.2. The lowest BCUT2D eigenvalue weighted by Crippen LogP contribution is -2.11. The fourth-order valence-corrected chi connectivity index (χ4v) is 2.38. The Balaban J connectivity index is 4.27. The van der Waals surface area contributed by atoms with Crippen molar-refractivity contribution in [3.8, 4) is 0 Å². The number of aliphatic hydroxyl groups excluding tert-OH is 1. The van der Waals surface area contributed by atoms with Gasteiger partial charge in [0.25, 0.3) is 0 Å². The van der Waals surface area contributed by atoms with E-state index in [1.165, 1.54) is 0 Å². The van der Waals surface area contributed by atoms with E-state index >= 15 is 0 Å². The molecule has 0 heterocycles. The van der Waals surface area contributed by atoms with Gasteiger partial charge in [0.1, 0.15) is 0 Å². The predicted octanol–water partition coefficient (Wildman–Crippen LogP) is 1.98. The van der Waals surface area contributed by atoms with E-state index in [1.54, 1.807) is 20.8 Å². The summed E-state index contributed by atoms with van der Waals surface area (Å²) in [5.74, 6) is -1.00. The first-order valence-corrected chi connectivity index (χ1v) is 5.78. The second-order valence-corrected chi connectivity index (χ2v) is 4.46. The van der Waals surface area contributed by atoms with Crippen LogP contribution in [0.4, 0.5) is 0 Å². The summed E-state index contributed by atoms with van der Waals surface area (Å²) in [6.07, 6.45) is 0.372. The molecule has 0 aromatic rings. The van der Waals surface area contributed by atoms with Crippen LogP contribution in [-0.4, -0.2) is 24.2 Å². The van der Waals surface area contributed by atoms with Gasteiger partial charge in [0, 0.05) is 0 Å². The average Bonchev–Trinajstić information content (AvgIpc) is 2.04. The molecule has 0 saturated heterocycles. The van der Waals surface area contributed by atoms with E-state index in [0.29, 0.717) is 6.42 Å². The number of hydrogen-bond acceptors (Lipinski definition) is 4. The molecule has 0 aliphatic rings. The van der Waals surface area contributed by atoms with E-state index in [9.17, 15) is 9.67 Å². The smallest absolute Gasteiger partial charge is 0.358 e. The molecule has 0 unspecified atom stereocenters. The van der Waals surface area contributed by atoms with Gasteiger partial charge in [0.2, 0.25) is 0 Å². The lowest BCUT2D eigenvalue weighted by molar-refractivity contribution is 0.147. The van der Waals surface area contributed by atoms with E-state index in [2.05, 4.69) is 0 Å². The fraction of sp³-hybridized carbons (Fsp3) is 1.00. The maximum absolute atomic E-state index is 11.6. The van der Waals surface area contributed by atoms with Crippen molar-refractivity contribution in [2.45, 2.75) is 33.0 Å². The summed E-state index contributed by atoms with van der Waals surface area (Å²) in [6.45, 7) is 5.74. The molecular weight excluding hydrogens is 179 g/mol. The molecule has 0 fully saturated rings. The van der Waals surface area contributed by atoms with Crippen LogP contribution in [0.1, 0.15) is 27.2 Å². The summed E-state index contributed by atoms with van der Waals surface area (Å²) in [5.41, 5.74) is 0. The molecule has 1 N–H and O–H groups in total. The van der Waals surface area contributed by atoms with Gasteiger partial charge in [-0.05, 0) is 20.3 Å². The molecular formula is C7H17O4P. The standard InChI is InChI=1S/C7H17O4P/c1-4-7(8)12(9,10-5-2)11-6-3/h7-8H,4-6H2,1-3H3/t7-/m1/s1. The Labute approximate surface area is 73.4 Å². The molecule has 0 rings (SSSR count). The van der Waals surface area contributed by atoms with Crippen molar-refractivity contribution in [3.63, 3.8) is 0 Å². The quantitative estimate of drug-likeness (QED) is 0.660. The zero-order chi connectivity index (χ0) is 9.61. The molecule has 4 nitrogen and oxygen atoms in total. The van der Waals surface area contributed by atoms with Crippen molar-refractivity contribution in [3.05, 3.63) is 0 Å². The van der Waals surface area contributed by atoms with Gasteiger partial charge in [0.05, 0.1) is 13.2 Å². The zero-order valence-corrected chi connectivity index (χ0v) is 8.71. The normalized spacial score (nSPS) is 14.7. The Kier molecular flexibility index (Phi) is 5.76. The molecule has 0 saturated carbocycles. The summed E-state index contributed by atoms with van der Waals surface area (Å²) in [5, 5.41) is 9.33. The SMILES string of the molecule is CCOP(=O)(OCC)[C@@H](O)CC. The molecule has 5 heteroatoms. The third kappa shape index (κ3) is 3.23. The van der Waals surface area contributed by atoms with Crippen LogP contribution in [0.3, 0.4) is 0 Å². The Morgan fingerprint density at radius 3 is 1.92 bits per heavy atom. The van der Waals surface area contributed by atoms with Gasteiger partial charge >= 0.3 is 7.60 Å². The number of rotatable bonds is 6. The second kappa shape index (κ2) is 5.70. The minimum Gasteiger partial charge on any atom is -0.380 e. The van der Waals surface area contributed by atoms with Gasteiger partial charge in [-0.2, -0.15) is 0 Å². The topological polar surface area (TPSA) is 55.8 Å². The van der Waals surface area contributed by atoms with Crippen molar-refractivity contribution in [2.75, 3.05) is 13.2 Å². The largest absolute Gasteiger partial charge is 0.380 e. The van der Waals surface area contributed by atoms with Crippen molar-refractivity contribution in [1.82, 2.24) is 0 Å². The maximum Gasteiger partial charge on any atom is 0.358 e. The first-order chi connectivity index (χ1) is 5.60. The first kappa shape index (κ1) is 12.1. The van der Waals surface area contributed by atoms with Gasteiger partial charge in [-0.15, -0.1) is 0 Å². The molecule has 0 spiro atoms. The van der Waals surface area contributed by atoms with Crippen LogP contribution in [0.25, 0.3) is 0 Å². The van der Waals surface area contributed by atoms with Gasteiger partial charge in [-0.3, -0.25) is 4.57 Å². The van der Waals surface area contributed by atoms with Crippen LogP contribution in [0.2, 0.25) is 0 Å². The summed E-state index contributed by atoms with van der Waals surface area (Å²) in [6, 6.07) is 0. The van der Waals surface area contributed by atoms with Crippen LogP contribution in [0.15, 0.2) is 0 Å². The van der Waals surface area contributed by atoms with Crippen molar-refractivity contribution in [2.24, 2.45) is 0 Å². The first-order valence-electron chi connectivity index (χ1n) is 4.17. The Morgan fingerprint density at radius 2 is 1.67 bits per heavy atom. The number of hydrogen-bond donors (Lipinski definition) is 1. The maximum atomic E-state index is 11.6. The van der Waals surface area contributed by atoms with Crippen molar-refractivity contribution >= 4 is 7.60 Å². The summed E-state index contributed by atoms with van der Waals surface area (Å²) in [4.78, 5) is 0. The summed E-state index contributed by atoms with van der Waals surface area (Å²) in [7, 11) is -3.25. The Bertz CT molecular complexity index is 149. The third-order valence-electron chi connectivity index (χ3n) is 1.35. The fourth-order valence-electron chi connectivity index (χ4n) is 0.793. The molecule has 0 aliphatic heterocycles. The van der Waals surface area contributed by atoms with Gasteiger partial charge < -0.3 is 14.2 Å². The highest BCUT2D eigenvalue weighted by Crippen LogP contribution is 2.52. The van der Waals surface area contributed by atoms with Crippen LogP contribution in [0, 0.1) is 0 Å². The minimum absolute atomic E-state index is 0.286. The number of aliphatic hydroxyl groups is 1. The molecule has 0 aromatic heterocycles. The molecule has 1 atom stereocenters. The lowest BCUT2D eigenvalue weighted by Gasteiger charge is -2.20. The van der Waals surface area contributed by atoms with Crippen LogP contribution in [-0.2, 0) is 13.6 Å². The molecule has 0 aliphatic carbocycles. The third-order valence-corrected chi connectivity index (χ3v) is 3.68. The summed E-state index contributed by atoms with van der Waals surface area (Å²) < 4.78 is 21.5. The molecule has 74 valence electrons. The van der Waals surface area contributed by atoms with E-state index in [4.69, 9.17) is 9.05 Å². The van der Waals surface area contributed by atoms with Crippen LogP contribution in [0.5, 0.6) is 0 Å². The van der Waals surface area contributed by atoms with E-state index < -0.39 is 13.4 Å². The highest BCUT2D eigenvalue weighted by Gasteiger charge is 2.32. The lowest BCUT2D eigenvalue weighted by atomic mass is 10.5. The molecule has 0 radical (unpaired) electrons. The average molecular weight is 196 g/mol. The molecule has 0 aromatic carbocycles. The monoisotopic (exact) mass is 196 g/mol. The van der Waals surface area contributed by atoms with E-state index in [1.807, 2.05) is 0 Å². The van der Waals surface area contributed by atoms with Gasteiger partial charge in [-0.1, -0.05) is 6.92 Å². The Hall–Kier alpha value is 0.110. The van der Waals surface area contributed by atoms with Gasteiger partial charge in [0.15, 0.2) is 5.85 Å². The molecule has 12 heavy (non-hydrogen) atoms. The van der Waals surface area contributed by atoms with Crippen LogP contribution < -0.4 is 0 Å². The zero-order valence-electron chi connectivity index (χ0n) is 7.82. The van der Waals surface area contributed by atoms with E-state index in [0.717, 1.165) is 0 Å². The predicted molar refractivity (Wildman–Crippen MR) is 47.2 cm³/mol.